The Bertz CT molecular complexity index is 521. The van der Waals surface area contributed by atoms with E-state index in [2.05, 4.69) is 15.9 Å². The number of carbonyl (C=O) groups is 1. The van der Waals surface area contributed by atoms with Gasteiger partial charge in [-0.25, -0.2) is 0 Å². The third-order valence-electron chi connectivity index (χ3n) is 2.12. The molecule has 0 amide bonds. The molecule has 0 aliphatic heterocycles. The summed E-state index contributed by atoms with van der Waals surface area (Å²) in [5.74, 6) is 0.0677. The van der Waals surface area contributed by atoms with Crippen LogP contribution in [0.25, 0.3) is 0 Å². The molecule has 0 unspecified atom stereocenters. The molecule has 0 N–H and O–H groups in total. The van der Waals surface area contributed by atoms with E-state index in [4.69, 9.17) is 11.6 Å². The first-order valence-electron chi connectivity index (χ1n) is 4.67. The summed E-state index contributed by atoms with van der Waals surface area (Å²) in [7, 11) is 0. The Balaban J connectivity index is 2.17. The predicted octanol–water partition coefficient (Wildman–Crippen LogP) is 4.59. The number of thiophene rings is 1. The average Bonchev–Trinajstić information content (AvgIpc) is 2.64. The normalized spacial score (nSPS) is 10.4. The Labute approximate surface area is 111 Å². The molecule has 1 aromatic heterocycles. The van der Waals surface area contributed by atoms with E-state index in [1.807, 2.05) is 29.6 Å². The minimum atomic E-state index is 0.0677. The van der Waals surface area contributed by atoms with Crippen molar-refractivity contribution < 1.29 is 4.79 Å². The lowest BCUT2D eigenvalue weighted by atomic mass is 10.1. The number of benzene rings is 1. The van der Waals surface area contributed by atoms with Gasteiger partial charge in [0, 0.05) is 10.9 Å². The number of halogens is 2. The molecular weight excluding hydrogens is 308 g/mol. The Hall–Kier alpha value is -0.640. The molecule has 4 heteroatoms. The van der Waals surface area contributed by atoms with Gasteiger partial charge in [-0.05, 0) is 29.1 Å². The summed E-state index contributed by atoms with van der Waals surface area (Å²) < 4.78 is 0.982. The summed E-state index contributed by atoms with van der Waals surface area (Å²) >= 11 is 10.7. The SMILES string of the molecule is O=C(Cc1cccc(Br)c1)c1sccc1Cl. The maximum Gasteiger partial charge on any atom is 0.178 e. The van der Waals surface area contributed by atoms with E-state index in [1.165, 1.54) is 11.3 Å². The van der Waals surface area contributed by atoms with Crippen LogP contribution >= 0.6 is 38.9 Å². The minimum Gasteiger partial charge on any atom is -0.293 e. The molecule has 1 aromatic carbocycles. The Kier molecular flexibility index (Phi) is 3.79. The number of rotatable bonds is 3. The molecule has 0 aliphatic carbocycles. The summed E-state index contributed by atoms with van der Waals surface area (Å²) in [4.78, 5) is 12.6. The number of hydrogen-bond acceptors (Lipinski definition) is 2. The van der Waals surface area contributed by atoms with Gasteiger partial charge >= 0.3 is 0 Å². The topological polar surface area (TPSA) is 17.1 Å². The molecule has 0 aliphatic rings. The largest absolute Gasteiger partial charge is 0.293 e. The van der Waals surface area contributed by atoms with Crippen LogP contribution in [-0.2, 0) is 6.42 Å². The van der Waals surface area contributed by atoms with Crippen molar-refractivity contribution in [3.8, 4) is 0 Å². The van der Waals surface area contributed by atoms with Gasteiger partial charge in [0.25, 0.3) is 0 Å². The molecule has 2 rings (SSSR count). The van der Waals surface area contributed by atoms with E-state index < -0.39 is 0 Å². The van der Waals surface area contributed by atoms with E-state index in [0.717, 1.165) is 10.0 Å². The average molecular weight is 316 g/mol. The quantitative estimate of drug-likeness (QED) is 0.757. The first kappa shape index (κ1) is 11.8. The van der Waals surface area contributed by atoms with Gasteiger partial charge in [0.15, 0.2) is 5.78 Å². The second kappa shape index (κ2) is 5.13. The zero-order valence-corrected chi connectivity index (χ0v) is 11.4. The maximum absolute atomic E-state index is 11.9. The summed E-state index contributed by atoms with van der Waals surface area (Å²) in [6, 6.07) is 9.48. The molecule has 2 aromatic rings. The van der Waals surface area contributed by atoms with Gasteiger partial charge in [0.05, 0.1) is 9.90 Å². The van der Waals surface area contributed by atoms with Gasteiger partial charge in [0.1, 0.15) is 0 Å². The van der Waals surface area contributed by atoms with Crippen LogP contribution in [0.2, 0.25) is 5.02 Å². The highest BCUT2D eigenvalue weighted by Crippen LogP contribution is 2.24. The van der Waals surface area contributed by atoms with E-state index in [1.54, 1.807) is 6.07 Å². The highest BCUT2D eigenvalue weighted by molar-refractivity contribution is 9.10. The first-order valence-corrected chi connectivity index (χ1v) is 6.72. The van der Waals surface area contributed by atoms with Crippen LogP contribution in [0, 0.1) is 0 Å². The van der Waals surface area contributed by atoms with Crippen LogP contribution in [0.4, 0.5) is 0 Å². The van der Waals surface area contributed by atoms with E-state index >= 15 is 0 Å². The summed E-state index contributed by atoms with van der Waals surface area (Å²) in [5, 5.41) is 2.38. The van der Waals surface area contributed by atoms with Crippen molar-refractivity contribution in [1.82, 2.24) is 0 Å². The second-order valence-electron chi connectivity index (χ2n) is 3.33. The first-order chi connectivity index (χ1) is 7.66. The van der Waals surface area contributed by atoms with Crippen molar-refractivity contribution in [1.29, 1.82) is 0 Å². The highest BCUT2D eigenvalue weighted by atomic mass is 79.9. The van der Waals surface area contributed by atoms with Gasteiger partial charge in [0.2, 0.25) is 0 Å². The van der Waals surface area contributed by atoms with Crippen molar-refractivity contribution in [2.24, 2.45) is 0 Å². The van der Waals surface area contributed by atoms with E-state index in [9.17, 15) is 4.79 Å². The molecule has 1 heterocycles. The molecular formula is C12H8BrClOS. The van der Waals surface area contributed by atoms with Gasteiger partial charge in [-0.15, -0.1) is 11.3 Å². The molecule has 0 spiro atoms. The van der Waals surface area contributed by atoms with E-state index in [-0.39, 0.29) is 5.78 Å². The lowest BCUT2D eigenvalue weighted by molar-refractivity contribution is 0.0997. The number of Topliss-reactive ketones (excluding diaryl/α,β-unsaturated/α-hetero) is 1. The van der Waals surface area contributed by atoms with Crippen LogP contribution in [0.3, 0.4) is 0 Å². The van der Waals surface area contributed by atoms with Crippen molar-refractivity contribution >= 4 is 44.7 Å². The fourth-order valence-electron chi connectivity index (χ4n) is 1.41. The zero-order valence-electron chi connectivity index (χ0n) is 8.24. The number of hydrogen-bond donors (Lipinski definition) is 0. The molecule has 1 nitrogen and oxygen atoms in total. The maximum atomic E-state index is 11.9. The zero-order chi connectivity index (χ0) is 11.5. The molecule has 0 saturated heterocycles. The fourth-order valence-corrected chi connectivity index (χ4v) is 2.95. The molecule has 16 heavy (non-hydrogen) atoms. The van der Waals surface area contributed by atoms with Crippen LogP contribution < -0.4 is 0 Å². The van der Waals surface area contributed by atoms with Crippen LogP contribution in [0.1, 0.15) is 15.2 Å². The van der Waals surface area contributed by atoms with Gasteiger partial charge in [-0.2, -0.15) is 0 Å². The number of carbonyl (C=O) groups excluding carboxylic acids is 1. The van der Waals surface area contributed by atoms with Crippen molar-refractivity contribution in [2.75, 3.05) is 0 Å². The molecule has 0 atom stereocenters. The van der Waals surface area contributed by atoms with Gasteiger partial charge in [-0.1, -0.05) is 39.7 Å². The van der Waals surface area contributed by atoms with E-state index in [0.29, 0.717) is 16.3 Å². The monoisotopic (exact) mass is 314 g/mol. The third kappa shape index (κ3) is 2.73. The lowest BCUT2D eigenvalue weighted by Crippen LogP contribution is -2.01. The highest BCUT2D eigenvalue weighted by Gasteiger charge is 2.12. The van der Waals surface area contributed by atoms with Crippen molar-refractivity contribution in [3.63, 3.8) is 0 Å². The molecule has 0 fully saturated rings. The van der Waals surface area contributed by atoms with Crippen LogP contribution in [0.15, 0.2) is 40.2 Å². The molecule has 0 bridgehead atoms. The Morgan fingerprint density at radius 3 is 2.81 bits per heavy atom. The summed E-state index contributed by atoms with van der Waals surface area (Å²) in [5.41, 5.74) is 0.990. The minimum absolute atomic E-state index is 0.0677. The molecule has 0 radical (unpaired) electrons. The van der Waals surface area contributed by atoms with Crippen molar-refractivity contribution in [3.05, 3.63) is 55.6 Å². The number of ketones is 1. The van der Waals surface area contributed by atoms with Crippen molar-refractivity contribution in [2.45, 2.75) is 6.42 Å². The van der Waals surface area contributed by atoms with Crippen LogP contribution in [0.5, 0.6) is 0 Å². The fraction of sp³-hybridized carbons (Fsp3) is 0.0833. The molecule has 82 valence electrons. The second-order valence-corrected chi connectivity index (χ2v) is 5.57. The smallest absolute Gasteiger partial charge is 0.178 e. The Morgan fingerprint density at radius 2 is 2.19 bits per heavy atom. The third-order valence-corrected chi connectivity index (χ3v) is 4.00. The predicted molar refractivity (Wildman–Crippen MR) is 71.5 cm³/mol. The van der Waals surface area contributed by atoms with Gasteiger partial charge < -0.3 is 0 Å². The molecule has 0 saturated carbocycles. The van der Waals surface area contributed by atoms with Gasteiger partial charge in [-0.3, -0.25) is 4.79 Å². The summed E-state index contributed by atoms with van der Waals surface area (Å²) in [6.45, 7) is 0. The Morgan fingerprint density at radius 1 is 1.38 bits per heavy atom. The lowest BCUT2D eigenvalue weighted by Gasteiger charge is -2.00. The summed E-state index contributed by atoms with van der Waals surface area (Å²) in [6.07, 6.45) is 0.389. The van der Waals surface area contributed by atoms with Crippen LogP contribution in [-0.4, -0.2) is 5.78 Å². The standard InChI is InChI=1S/C12H8BrClOS/c13-9-3-1-2-8(6-9)7-11(15)12-10(14)4-5-16-12/h1-6H,7H2.